The Bertz CT molecular complexity index is 568. The van der Waals surface area contributed by atoms with Crippen LogP contribution in [0.5, 0.6) is 0 Å². The normalized spacial score (nSPS) is 14.9. The third-order valence-electron chi connectivity index (χ3n) is 2.67. The molecule has 0 bridgehead atoms. The van der Waals surface area contributed by atoms with Gasteiger partial charge in [0, 0.05) is 6.04 Å². The minimum absolute atomic E-state index is 0.0184. The van der Waals surface area contributed by atoms with Crippen LogP contribution in [0.3, 0.4) is 0 Å². The van der Waals surface area contributed by atoms with Crippen LogP contribution < -0.4 is 4.72 Å². The van der Waals surface area contributed by atoms with Crippen LogP contribution in [-0.4, -0.2) is 25.5 Å². The highest BCUT2D eigenvalue weighted by molar-refractivity contribution is 7.89. The summed E-state index contributed by atoms with van der Waals surface area (Å²) in [7, 11) is -3.98. The minimum Gasteiger partial charge on any atom is -0.481 e. The molecular weight excluding hydrogens is 313 g/mol. The van der Waals surface area contributed by atoms with Gasteiger partial charge in [-0.25, -0.2) is 13.1 Å². The summed E-state index contributed by atoms with van der Waals surface area (Å²) < 4.78 is 26.5. The molecule has 0 spiro atoms. The fourth-order valence-corrected chi connectivity index (χ4v) is 3.83. The summed E-state index contributed by atoms with van der Waals surface area (Å²) in [4.78, 5) is 10.6. The third kappa shape index (κ3) is 3.82. The first-order chi connectivity index (χ1) is 8.66. The lowest BCUT2D eigenvalue weighted by molar-refractivity contribution is -0.141. The van der Waals surface area contributed by atoms with Gasteiger partial charge in [0.1, 0.15) is 4.90 Å². The van der Waals surface area contributed by atoms with E-state index in [1.54, 1.807) is 0 Å². The molecule has 0 aromatic heterocycles. The molecule has 1 aromatic rings. The van der Waals surface area contributed by atoms with Crippen molar-refractivity contribution in [2.75, 3.05) is 0 Å². The fourth-order valence-electron chi connectivity index (χ4n) is 1.36. The lowest BCUT2D eigenvalue weighted by Crippen LogP contribution is -2.40. The van der Waals surface area contributed by atoms with Gasteiger partial charge in [0.2, 0.25) is 10.0 Å². The number of hydrogen-bond acceptors (Lipinski definition) is 3. The molecule has 5 nitrogen and oxygen atoms in total. The van der Waals surface area contributed by atoms with Gasteiger partial charge in [0.15, 0.2) is 0 Å². The molecular formula is C11H13Cl2NO4S. The van der Waals surface area contributed by atoms with Crippen molar-refractivity contribution in [2.24, 2.45) is 5.92 Å². The Hall–Kier alpha value is -0.820. The maximum atomic E-state index is 12.1. The van der Waals surface area contributed by atoms with Gasteiger partial charge in [0.25, 0.3) is 0 Å². The maximum absolute atomic E-state index is 12.1. The zero-order valence-electron chi connectivity index (χ0n) is 10.2. The molecule has 0 aliphatic heterocycles. The zero-order chi connectivity index (χ0) is 14.8. The number of carbonyl (C=O) groups is 1. The summed E-state index contributed by atoms with van der Waals surface area (Å²) in [6.45, 7) is 2.87. The van der Waals surface area contributed by atoms with E-state index in [4.69, 9.17) is 28.3 Å². The van der Waals surface area contributed by atoms with Gasteiger partial charge in [-0.3, -0.25) is 4.79 Å². The molecule has 0 aliphatic rings. The van der Waals surface area contributed by atoms with Crippen molar-refractivity contribution < 1.29 is 18.3 Å². The summed E-state index contributed by atoms with van der Waals surface area (Å²) >= 11 is 11.6. The largest absolute Gasteiger partial charge is 0.481 e. The molecule has 1 rings (SSSR count). The molecule has 0 fully saturated rings. The Balaban J connectivity index is 3.09. The van der Waals surface area contributed by atoms with E-state index in [2.05, 4.69) is 4.72 Å². The van der Waals surface area contributed by atoms with Gasteiger partial charge in [-0.05, 0) is 19.1 Å². The van der Waals surface area contributed by atoms with Crippen LogP contribution in [0.1, 0.15) is 13.8 Å². The number of rotatable bonds is 5. The van der Waals surface area contributed by atoms with Gasteiger partial charge < -0.3 is 5.11 Å². The smallest absolute Gasteiger partial charge is 0.307 e. The highest BCUT2D eigenvalue weighted by Crippen LogP contribution is 2.29. The van der Waals surface area contributed by atoms with Crippen LogP contribution in [0.2, 0.25) is 10.0 Å². The molecule has 106 valence electrons. The number of carboxylic acids is 1. The van der Waals surface area contributed by atoms with Crippen molar-refractivity contribution in [2.45, 2.75) is 24.8 Å². The summed E-state index contributed by atoms with van der Waals surface area (Å²) in [5.41, 5.74) is 0. The first kappa shape index (κ1) is 16.2. The Morgan fingerprint density at radius 1 is 1.26 bits per heavy atom. The summed E-state index contributed by atoms with van der Waals surface area (Å²) in [6, 6.07) is 3.52. The fraction of sp³-hybridized carbons (Fsp3) is 0.364. The Kier molecular flexibility index (Phi) is 5.20. The second kappa shape index (κ2) is 6.09. The summed E-state index contributed by atoms with van der Waals surface area (Å²) in [5, 5.41) is 8.81. The van der Waals surface area contributed by atoms with Crippen LogP contribution >= 0.6 is 23.2 Å². The average molecular weight is 326 g/mol. The van der Waals surface area contributed by atoms with E-state index >= 15 is 0 Å². The molecule has 8 heteroatoms. The molecule has 2 N–H and O–H groups in total. The average Bonchev–Trinajstić information content (AvgIpc) is 2.26. The standard InChI is InChI=1S/C11H13Cl2NO4S/c1-6(11(15)16)7(2)14-19(17,18)10-8(12)4-3-5-9(10)13/h3-7,14H,1-2H3,(H,15,16). The number of halogens is 2. The first-order valence-corrected chi connectivity index (χ1v) is 7.60. The first-order valence-electron chi connectivity index (χ1n) is 5.36. The second-order valence-corrected chi connectivity index (χ2v) is 6.55. The third-order valence-corrected chi connectivity index (χ3v) is 5.18. The van der Waals surface area contributed by atoms with Crippen LogP contribution in [0.15, 0.2) is 23.1 Å². The number of nitrogens with one attached hydrogen (secondary N) is 1. The number of benzene rings is 1. The van der Waals surface area contributed by atoms with Gasteiger partial charge >= 0.3 is 5.97 Å². The number of hydrogen-bond donors (Lipinski definition) is 2. The van der Waals surface area contributed by atoms with Gasteiger partial charge in [-0.15, -0.1) is 0 Å². The predicted octanol–water partition coefficient (Wildman–Crippen LogP) is 2.38. The van der Waals surface area contributed by atoms with E-state index in [0.717, 1.165) is 0 Å². The SMILES string of the molecule is CC(NS(=O)(=O)c1c(Cl)cccc1Cl)C(C)C(=O)O. The molecule has 1 aromatic carbocycles. The molecule has 2 unspecified atom stereocenters. The predicted molar refractivity (Wildman–Crippen MR) is 73.0 cm³/mol. The van der Waals surface area contributed by atoms with E-state index in [9.17, 15) is 13.2 Å². The Morgan fingerprint density at radius 2 is 1.74 bits per heavy atom. The lowest BCUT2D eigenvalue weighted by Gasteiger charge is -2.18. The monoisotopic (exact) mass is 325 g/mol. The second-order valence-electron chi connectivity index (χ2n) is 4.09. The highest BCUT2D eigenvalue weighted by Gasteiger charge is 2.28. The number of sulfonamides is 1. The quantitative estimate of drug-likeness (QED) is 0.870. The minimum atomic E-state index is -3.98. The van der Waals surface area contributed by atoms with Gasteiger partial charge in [0.05, 0.1) is 16.0 Å². The van der Waals surface area contributed by atoms with Crippen LogP contribution in [-0.2, 0) is 14.8 Å². The van der Waals surface area contributed by atoms with E-state index < -0.39 is 28.0 Å². The van der Waals surface area contributed by atoms with Crippen molar-refractivity contribution in [1.82, 2.24) is 4.72 Å². The molecule has 19 heavy (non-hydrogen) atoms. The van der Waals surface area contributed by atoms with Crippen LogP contribution in [0.4, 0.5) is 0 Å². The van der Waals surface area contributed by atoms with Gasteiger partial charge in [-0.2, -0.15) is 0 Å². The molecule has 0 aliphatic carbocycles. The Labute approximate surface area is 121 Å². The molecule has 0 radical (unpaired) electrons. The maximum Gasteiger partial charge on any atom is 0.307 e. The van der Waals surface area contributed by atoms with Crippen LogP contribution in [0, 0.1) is 5.92 Å². The van der Waals surface area contributed by atoms with Crippen molar-refractivity contribution in [3.05, 3.63) is 28.2 Å². The molecule has 0 amide bonds. The Morgan fingerprint density at radius 3 is 2.16 bits per heavy atom. The zero-order valence-corrected chi connectivity index (χ0v) is 12.6. The van der Waals surface area contributed by atoms with Crippen molar-refractivity contribution in [3.8, 4) is 0 Å². The molecule has 0 heterocycles. The topological polar surface area (TPSA) is 83.5 Å². The molecule has 0 saturated carbocycles. The summed E-state index contributed by atoms with van der Waals surface area (Å²) in [6.07, 6.45) is 0. The number of carboxylic acid groups (broad SMARTS) is 1. The molecule has 0 saturated heterocycles. The van der Waals surface area contributed by atoms with Crippen molar-refractivity contribution >= 4 is 39.2 Å². The van der Waals surface area contributed by atoms with Crippen molar-refractivity contribution in [3.63, 3.8) is 0 Å². The van der Waals surface area contributed by atoms with Crippen molar-refractivity contribution in [1.29, 1.82) is 0 Å². The van der Waals surface area contributed by atoms with E-state index in [0.29, 0.717) is 0 Å². The van der Waals surface area contributed by atoms with E-state index in [1.807, 2.05) is 0 Å². The van der Waals surface area contributed by atoms with Crippen LogP contribution in [0.25, 0.3) is 0 Å². The van der Waals surface area contributed by atoms with E-state index in [1.165, 1.54) is 32.0 Å². The van der Waals surface area contributed by atoms with E-state index in [-0.39, 0.29) is 14.9 Å². The van der Waals surface area contributed by atoms with Gasteiger partial charge in [-0.1, -0.05) is 36.2 Å². The summed E-state index contributed by atoms with van der Waals surface area (Å²) in [5.74, 6) is -1.98. The number of aliphatic carboxylic acids is 1. The lowest BCUT2D eigenvalue weighted by atomic mass is 10.1. The highest BCUT2D eigenvalue weighted by atomic mass is 35.5. The molecule has 2 atom stereocenters.